The third-order valence-electron chi connectivity index (χ3n) is 1.88. The minimum absolute atomic E-state index is 0.0527. The lowest BCUT2D eigenvalue weighted by Crippen LogP contribution is -2.29. The normalized spacial score (nSPS) is 14.5. The molecule has 5 nitrogen and oxygen atoms in total. The van der Waals surface area contributed by atoms with Gasteiger partial charge in [0, 0.05) is 0 Å². The quantitative estimate of drug-likeness (QED) is 0.605. The molecular formula is C8H10N4O. The average Bonchev–Trinajstić information content (AvgIpc) is 2.06. The highest BCUT2D eigenvalue weighted by molar-refractivity contribution is 6.00. The second-order valence-electron chi connectivity index (χ2n) is 2.98. The fourth-order valence-corrected chi connectivity index (χ4v) is 1.34. The molecule has 1 amide bonds. The lowest BCUT2D eigenvalue weighted by Gasteiger charge is -2.18. The van der Waals surface area contributed by atoms with E-state index < -0.39 is 0 Å². The Morgan fingerprint density at radius 2 is 2.08 bits per heavy atom. The zero-order valence-corrected chi connectivity index (χ0v) is 7.51. The van der Waals surface area contributed by atoms with Gasteiger partial charge in [-0.15, -0.1) is 0 Å². The Hall–Kier alpha value is -1.65. The molecule has 0 fully saturated rings. The largest absolute Gasteiger partial charge is 0.359 e. The molecule has 2 rings (SSSR count). The molecule has 1 aromatic heterocycles. The number of anilines is 2. The molecule has 0 radical (unpaired) electrons. The van der Waals surface area contributed by atoms with Crippen LogP contribution in [0.15, 0.2) is 0 Å². The monoisotopic (exact) mass is 178 g/mol. The number of carbonyl (C=O) groups is 1. The van der Waals surface area contributed by atoms with Crippen LogP contribution in [-0.2, 0) is 4.79 Å². The topological polar surface area (TPSA) is 66.9 Å². The van der Waals surface area contributed by atoms with Crippen molar-refractivity contribution >= 4 is 17.4 Å². The minimum Gasteiger partial charge on any atom is -0.359 e. The Morgan fingerprint density at radius 3 is 2.85 bits per heavy atom. The summed E-state index contributed by atoms with van der Waals surface area (Å²) in [6, 6.07) is 0. The van der Waals surface area contributed by atoms with Crippen molar-refractivity contribution in [3.05, 3.63) is 11.5 Å². The lowest BCUT2D eigenvalue weighted by molar-refractivity contribution is -0.114. The summed E-state index contributed by atoms with van der Waals surface area (Å²) in [4.78, 5) is 19.4. The lowest BCUT2D eigenvalue weighted by atomic mass is 10.3. The van der Waals surface area contributed by atoms with Crippen LogP contribution in [0, 0.1) is 13.8 Å². The molecule has 1 aliphatic heterocycles. The molecule has 0 spiro atoms. The smallest absolute Gasteiger partial charge is 0.243 e. The summed E-state index contributed by atoms with van der Waals surface area (Å²) in [6.45, 7) is 3.95. The molecule has 0 saturated carbocycles. The van der Waals surface area contributed by atoms with Crippen LogP contribution < -0.4 is 10.6 Å². The second kappa shape index (κ2) is 2.69. The first kappa shape index (κ1) is 7.97. The Kier molecular flexibility index (Phi) is 1.65. The van der Waals surface area contributed by atoms with E-state index in [2.05, 4.69) is 20.6 Å². The van der Waals surface area contributed by atoms with Gasteiger partial charge in [0.1, 0.15) is 11.5 Å². The zero-order chi connectivity index (χ0) is 9.42. The van der Waals surface area contributed by atoms with Gasteiger partial charge in [0.05, 0.1) is 12.2 Å². The minimum atomic E-state index is -0.0527. The summed E-state index contributed by atoms with van der Waals surface area (Å²) in [6.07, 6.45) is 0. The highest BCUT2D eigenvalue weighted by atomic mass is 16.2. The third-order valence-corrected chi connectivity index (χ3v) is 1.88. The Labute approximate surface area is 75.6 Å². The molecule has 13 heavy (non-hydrogen) atoms. The summed E-state index contributed by atoms with van der Waals surface area (Å²) in [5.41, 5.74) is 1.49. The predicted molar refractivity (Wildman–Crippen MR) is 48.6 cm³/mol. The van der Waals surface area contributed by atoms with Crippen molar-refractivity contribution < 1.29 is 4.79 Å². The first-order valence-electron chi connectivity index (χ1n) is 4.06. The van der Waals surface area contributed by atoms with Crippen molar-refractivity contribution in [1.29, 1.82) is 0 Å². The molecule has 2 N–H and O–H groups in total. The average molecular weight is 178 g/mol. The molecular weight excluding hydrogens is 168 g/mol. The van der Waals surface area contributed by atoms with E-state index in [1.807, 2.05) is 13.8 Å². The molecule has 1 aromatic rings. The number of carbonyl (C=O) groups excluding carboxylic acids is 1. The van der Waals surface area contributed by atoms with E-state index in [1.54, 1.807) is 0 Å². The van der Waals surface area contributed by atoms with E-state index in [0.29, 0.717) is 17.3 Å². The molecule has 5 heteroatoms. The van der Waals surface area contributed by atoms with Crippen LogP contribution in [0.2, 0.25) is 0 Å². The summed E-state index contributed by atoms with van der Waals surface area (Å²) in [7, 11) is 0. The van der Waals surface area contributed by atoms with Gasteiger partial charge in [-0.05, 0) is 13.8 Å². The van der Waals surface area contributed by atoms with Gasteiger partial charge in [-0.25, -0.2) is 9.97 Å². The van der Waals surface area contributed by atoms with Crippen molar-refractivity contribution in [2.45, 2.75) is 13.8 Å². The van der Waals surface area contributed by atoms with Crippen LogP contribution >= 0.6 is 0 Å². The van der Waals surface area contributed by atoms with Crippen molar-refractivity contribution in [3.63, 3.8) is 0 Å². The first-order chi connectivity index (χ1) is 6.16. The number of nitrogens with zero attached hydrogens (tertiary/aromatic N) is 2. The second-order valence-corrected chi connectivity index (χ2v) is 2.98. The van der Waals surface area contributed by atoms with Crippen LogP contribution in [0.3, 0.4) is 0 Å². The van der Waals surface area contributed by atoms with Crippen molar-refractivity contribution in [1.82, 2.24) is 9.97 Å². The van der Waals surface area contributed by atoms with Crippen LogP contribution in [0.25, 0.3) is 0 Å². The van der Waals surface area contributed by atoms with Gasteiger partial charge in [-0.1, -0.05) is 0 Å². The van der Waals surface area contributed by atoms with Gasteiger partial charge in [-0.3, -0.25) is 4.79 Å². The number of hydrogen-bond acceptors (Lipinski definition) is 4. The highest BCUT2D eigenvalue weighted by Crippen LogP contribution is 2.24. The SMILES string of the molecule is Cc1nc(C)c2c(n1)NCC(=O)N2. The molecule has 0 unspecified atom stereocenters. The first-order valence-corrected chi connectivity index (χ1v) is 4.06. The standard InChI is InChI=1S/C8H10N4O/c1-4-7-8(11-5(2)10-4)9-3-6(13)12-7/h3H2,1-2H3,(H,12,13)(H,9,10,11). The van der Waals surface area contributed by atoms with E-state index in [-0.39, 0.29) is 12.5 Å². The van der Waals surface area contributed by atoms with E-state index in [1.165, 1.54) is 0 Å². The van der Waals surface area contributed by atoms with Gasteiger partial charge >= 0.3 is 0 Å². The van der Waals surface area contributed by atoms with Crippen LogP contribution in [-0.4, -0.2) is 22.4 Å². The van der Waals surface area contributed by atoms with Gasteiger partial charge in [0.25, 0.3) is 0 Å². The van der Waals surface area contributed by atoms with E-state index >= 15 is 0 Å². The molecule has 1 aliphatic rings. The highest BCUT2D eigenvalue weighted by Gasteiger charge is 2.17. The third kappa shape index (κ3) is 1.32. The summed E-state index contributed by atoms with van der Waals surface area (Å²) in [5, 5.41) is 5.66. The number of rotatable bonds is 0. The maximum atomic E-state index is 11.0. The number of amides is 1. The van der Waals surface area contributed by atoms with Gasteiger partial charge < -0.3 is 10.6 Å². The summed E-state index contributed by atoms with van der Waals surface area (Å²) in [5.74, 6) is 1.37. The Bertz CT molecular complexity index is 375. The molecule has 0 aromatic carbocycles. The molecule has 68 valence electrons. The summed E-state index contributed by atoms with van der Waals surface area (Å²) < 4.78 is 0. The number of nitrogens with one attached hydrogen (secondary N) is 2. The van der Waals surface area contributed by atoms with Gasteiger partial charge in [0.15, 0.2) is 5.82 Å². The number of aryl methyl sites for hydroxylation is 2. The van der Waals surface area contributed by atoms with Crippen LogP contribution in [0.1, 0.15) is 11.5 Å². The maximum absolute atomic E-state index is 11.0. The molecule has 0 atom stereocenters. The van der Waals surface area contributed by atoms with E-state index in [9.17, 15) is 4.79 Å². The van der Waals surface area contributed by atoms with Crippen molar-refractivity contribution in [3.8, 4) is 0 Å². The van der Waals surface area contributed by atoms with Crippen molar-refractivity contribution in [2.24, 2.45) is 0 Å². The van der Waals surface area contributed by atoms with Gasteiger partial charge in [-0.2, -0.15) is 0 Å². The molecule has 0 aliphatic carbocycles. The predicted octanol–water partition coefficient (Wildman–Crippen LogP) is 0.457. The Morgan fingerprint density at radius 1 is 1.31 bits per heavy atom. The summed E-state index contributed by atoms with van der Waals surface area (Å²) >= 11 is 0. The number of hydrogen-bond donors (Lipinski definition) is 2. The molecule has 0 bridgehead atoms. The zero-order valence-electron chi connectivity index (χ0n) is 7.51. The number of aromatic nitrogens is 2. The Balaban J connectivity index is 2.53. The molecule has 2 heterocycles. The van der Waals surface area contributed by atoms with Crippen LogP contribution in [0.5, 0.6) is 0 Å². The number of fused-ring (bicyclic) bond motifs is 1. The van der Waals surface area contributed by atoms with Crippen LogP contribution in [0.4, 0.5) is 11.5 Å². The molecule has 0 saturated heterocycles. The van der Waals surface area contributed by atoms with E-state index in [0.717, 1.165) is 5.69 Å². The van der Waals surface area contributed by atoms with Crippen molar-refractivity contribution in [2.75, 3.05) is 17.2 Å². The van der Waals surface area contributed by atoms with Gasteiger partial charge in [0.2, 0.25) is 5.91 Å². The fraction of sp³-hybridized carbons (Fsp3) is 0.375. The fourth-order valence-electron chi connectivity index (χ4n) is 1.34. The van der Waals surface area contributed by atoms with E-state index in [4.69, 9.17) is 0 Å². The maximum Gasteiger partial charge on any atom is 0.243 e.